The van der Waals surface area contributed by atoms with Crippen LogP contribution in [0.4, 0.5) is 4.39 Å². The molecule has 3 nitrogen and oxygen atoms in total. The molecule has 1 aliphatic rings. The van der Waals surface area contributed by atoms with Crippen molar-refractivity contribution in [1.82, 2.24) is 4.90 Å². The predicted octanol–water partition coefficient (Wildman–Crippen LogP) is 2.43. The van der Waals surface area contributed by atoms with E-state index in [0.29, 0.717) is 18.0 Å². The average Bonchev–Trinajstić information content (AvgIpc) is 3.26. The predicted molar refractivity (Wildman–Crippen MR) is 79.3 cm³/mol. The SMILES string of the molecule is CC(C)CN(C(=O)c1ccc(C#CCO)cc1F)C1CC1. The van der Waals surface area contributed by atoms with Crippen molar-refractivity contribution in [3.05, 3.63) is 35.1 Å². The van der Waals surface area contributed by atoms with Crippen molar-refractivity contribution in [1.29, 1.82) is 0 Å². The smallest absolute Gasteiger partial charge is 0.257 e. The maximum atomic E-state index is 14.1. The second-order valence-electron chi connectivity index (χ2n) is 5.74. The minimum Gasteiger partial charge on any atom is -0.384 e. The first-order valence-corrected chi connectivity index (χ1v) is 7.23. The van der Waals surface area contributed by atoms with Crippen molar-refractivity contribution in [2.45, 2.75) is 32.7 Å². The van der Waals surface area contributed by atoms with Gasteiger partial charge in [0, 0.05) is 18.2 Å². The monoisotopic (exact) mass is 289 g/mol. The van der Waals surface area contributed by atoms with Gasteiger partial charge in [-0.1, -0.05) is 25.7 Å². The Balaban J connectivity index is 2.21. The van der Waals surface area contributed by atoms with Crippen LogP contribution in [-0.2, 0) is 0 Å². The molecule has 1 aromatic carbocycles. The Bertz CT molecular complexity index is 582. The lowest BCUT2D eigenvalue weighted by Gasteiger charge is -2.24. The molecular formula is C17H20FNO2. The highest BCUT2D eigenvalue weighted by molar-refractivity contribution is 5.95. The lowest BCUT2D eigenvalue weighted by Crippen LogP contribution is -2.36. The lowest BCUT2D eigenvalue weighted by molar-refractivity contribution is 0.0717. The molecule has 1 saturated carbocycles. The molecule has 0 heterocycles. The Labute approximate surface area is 124 Å². The third-order valence-corrected chi connectivity index (χ3v) is 3.32. The standard InChI is InChI=1S/C17H20FNO2/c1-12(2)11-19(14-6-7-14)17(21)15-8-5-13(4-3-9-20)10-16(15)18/h5,8,10,12,14,20H,6-7,9,11H2,1-2H3. The van der Waals surface area contributed by atoms with E-state index in [1.807, 2.05) is 13.8 Å². The Morgan fingerprint density at radius 2 is 2.19 bits per heavy atom. The van der Waals surface area contributed by atoms with Gasteiger partial charge in [0.25, 0.3) is 5.91 Å². The van der Waals surface area contributed by atoms with Gasteiger partial charge in [0.2, 0.25) is 0 Å². The topological polar surface area (TPSA) is 40.5 Å². The molecule has 0 aliphatic heterocycles. The molecule has 0 aromatic heterocycles. The van der Waals surface area contributed by atoms with Gasteiger partial charge < -0.3 is 10.0 Å². The zero-order valence-corrected chi connectivity index (χ0v) is 12.4. The third-order valence-electron chi connectivity index (χ3n) is 3.32. The van der Waals surface area contributed by atoms with Crippen molar-refractivity contribution in [3.8, 4) is 11.8 Å². The van der Waals surface area contributed by atoms with Gasteiger partial charge in [-0.15, -0.1) is 0 Å². The van der Waals surface area contributed by atoms with E-state index in [0.717, 1.165) is 12.8 Å². The number of aliphatic hydroxyl groups excluding tert-OH is 1. The van der Waals surface area contributed by atoms with Gasteiger partial charge in [-0.2, -0.15) is 0 Å². The van der Waals surface area contributed by atoms with Crippen LogP contribution in [0.25, 0.3) is 0 Å². The molecule has 4 heteroatoms. The van der Waals surface area contributed by atoms with Gasteiger partial charge >= 0.3 is 0 Å². The maximum Gasteiger partial charge on any atom is 0.257 e. The lowest BCUT2D eigenvalue weighted by atomic mass is 10.1. The molecule has 0 unspecified atom stereocenters. The molecule has 0 radical (unpaired) electrons. The molecule has 1 aliphatic carbocycles. The van der Waals surface area contributed by atoms with E-state index in [-0.39, 0.29) is 24.1 Å². The fourth-order valence-electron chi connectivity index (χ4n) is 2.24. The molecule has 21 heavy (non-hydrogen) atoms. The Morgan fingerprint density at radius 3 is 2.71 bits per heavy atom. The summed E-state index contributed by atoms with van der Waals surface area (Å²) in [6.45, 7) is 4.47. The number of benzene rings is 1. The molecule has 1 N–H and O–H groups in total. The number of nitrogens with zero attached hydrogens (tertiary/aromatic N) is 1. The van der Waals surface area contributed by atoms with Crippen LogP contribution in [0.2, 0.25) is 0 Å². The minimum atomic E-state index is -0.556. The van der Waals surface area contributed by atoms with E-state index in [9.17, 15) is 9.18 Å². The van der Waals surface area contributed by atoms with Crippen molar-refractivity contribution < 1.29 is 14.3 Å². The van der Waals surface area contributed by atoms with Crippen LogP contribution in [0.3, 0.4) is 0 Å². The maximum absolute atomic E-state index is 14.1. The minimum absolute atomic E-state index is 0.0945. The van der Waals surface area contributed by atoms with Gasteiger partial charge in [-0.05, 0) is 37.0 Å². The molecule has 112 valence electrons. The normalized spacial score (nSPS) is 13.8. The number of hydrogen-bond acceptors (Lipinski definition) is 2. The third kappa shape index (κ3) is 4.05. The van der Waals surface area contributed by atoms with Gasteiger partial charge in [-0.3, -0.25) is 4.79 Å². The van der Waals surface area contributed by atoms with E-state index < -0.39 is 5.82 Å². The van der Waals surface area contributed by atoms with Crippen molar-refractivity contribution in [2.24, 2.45) is 5.92 Å². The number of amides is 1. The largest absolute Gasteiger partial charge is 0.384 e. The molecule has 0 spiro atoms. The van der Waals surface area contributed by atoms with Crippen LogP contribution in [-0.4, -0.2) is 35.1 Å². The summed E-state index contributed by atoms with van der Waals surface area (Å²) in [5, 5.41) is 8.64. The van der Waals surface area contributed by atoms with E-state index in [1.165, 1.54) is 12.1 Å². The molecule has 1 amide bonds. The van der Waals surface area contributed by atoms with Crippen LogP contribution in [0, 0.1) is 23.6 Å². The number of hydrogen-bond donors (Lipinski definition) is 1. The summed E-state index contributed by atoms with van der Waals surface area (Å²) in [5.74, 6) is 4.65. The first-order chi connectivity index (χ1) is 10.0. The zero-order chi connectivity index (χ0) is 15.4. The summed E-state index contributed by atoms with van der Waals surface area (Å²) in [6, 6.07) is 4.60. The van der Waals surface area contributed by atoms with Gasteiger partial charge in [0.1, 0.15) is 12.4 Å². The van der Waals surface area contributed by atoms with Crippen molar-refractivity contribution in [3.63, 3.8) is 0 Å². The highest BCUT2D eigenvalue weighted by atomic mass is 19.1. The van der Waals surface area contributed by atoms with Crippen LogP contribution in [0.5, 0.6) is 0 Å². The highest BCUT2D eigenvalue weighted by Crippen LogP contribution is 2.29. The zero-order valence-electron chi connectivity index (χ0n) is 12.4. The van der Waals surface area contributed by atoms with E-state index in [2.05, 4.69) is 11.8 Å². The first kappa shape index (κ1) is 15.5. The quantitative estimate of drug-likeness (QED) is 0.865. The fraction of sp³-hybridized carbons (Fsp3) is 0.471. The summed E-state index contributed by atoms with van der Waals surface area (Å²) in [6.07, 6.45) is 2.00. The Morgan fingerprint density at radius 1 is 1.48 bits per heavy atom. The summed E-state index contributed by atoms with van der Waals surface area (Å²) in [7, 11) is 0. The van der Waals surface area contributed by atoms with Crippen molar-refractivity contribution in [2.75, 3.05) is 13.2 Å². The Kier molecular flexibility index (Phi) is 4.98. The molecule has 2 rings (SSSR count). The summed E-state index contributed by atoms with van der Waals surface area (Å²) >= 11 is 0. The molecular weight excluding hydrogens is 269 g/mol. The van der Waals surface area contributed by atoms with Crippen LogP contribution >= 0.6 is 0 Å². The van der Waals surface area contributed by atoms with Crippen molar-refractivity contribution >= 4 is 5.91 Å². The second-order valence-corrected chi connectivity index (χ2v) is 5.74. The number of carbonyl (C=O) groups is 1. The Hall–Kier alpha value is -1.86. The fourth-order valence-corrected chi connectivity index (χ4v) is 2.24. The summed E-state index contributed by atoms with van der Waals surface area (Å²) < 4.78 is 14.1. The molecule has 1 aromatic rings. The number of aliphatic hydroxyl groups is 1. The number of carbonyl (C=O) groups excluding carboxylic acids is 1. The van der Waals surface area contributed by atoms with Gasteiger partial charge in [0.05, 0.1) is 5.56 Å². The summed E-state index contributed by atoms with van der Waals surface area (Å²) in [5.41, 5.74) is 0.553. The van der Waals surface area contributed by atoms with Crippen LogP contribution < -0.4 is 0 Å². The number of rotatable bonds is 4. The molecule has 1 fully saturated rings. The second kappa shape index (κ2) is 6.73. The highest BCUT2D eigenvalue weighted by Gasteiger charge is 2.34. The van der Waals surface area contributed by atoms with E-state index in [4.69, 9.17) is 5.11 Å². The molecule has 0 bridgehead atoms. The number of halogens is 1. The van der Waals surface area contributed by atoms with Crippen LogP contribution in [0.15, 0.2) is 18.2 Å². The molecule has 0 atom stereocenters. The summed E-state index contributed by atoms with van der Waals surface area (Å²) in [4.78, 5) is 14.3. The van der Waals surface area contributed by atoms with Gasteiger partial charge in [0.15, 0.2) is 0 Å². The average molecular weight is 289 g/mol. The van der Waals surface area contributed by atoms with E-state index in [1.54, 1.807) is 11.0 Å². The van der Waals surface area contributed by atoms with E-state index >= 15 is 0 Å². The first-order valence-electron chi connectivity index (χ1n) is 7.23. The van der Waals surface area contributed by atoms with Gasteiger partial charge in [-0.25, -0.2) is 4.39 Å². The van der Waals surface area contributed by atoms with Crippen LogP contribution in [0.1, 0.15) is 42.6 Å². The molecule has 0 saturated heterocycles.